The molecule has 1 aromatic heterocycles. The zero-order valence-corrected chi connectivity index (χ0v) is 15.6. The molecular formula is C20H24N4O2. The highest BCUT2D eigenvalue weighted by Crippen LogP contribution is 2.23. The van der Waals surface area contributed by atoms with Crippen LogP contribution in [0.4, 0.5) is 5.69 Å². The van der Waals surface area contributed by atoms with Gasteiger partial charge in [-0.2, -0.15) is 4.80 Å². The maximum Gasteiger partial charge on any atom is 0.224 e. The third kappa shape index (κ3) is 4.02. The summed E-state index contributed by atoms with van der Waals surface area (Å²) in [6.07, 6.45) is 0.496. The van der Waals surface area contributed by atoms with Gasteiger partial charge < -0.3 is 10.1 Å². The van der Waals surface area contributed by atoms with Crippen molar-refractivity contribution >= 4 is 22.6 Å². The summed E-state index contributed by atoms with van der Waals surface area (Å²) in [4.78, 5) is 13.7. The van der Waals surface area contributed by atoms with Crippen molar-refractivity contribution in [3.05, 3.63) is 42.0 Å². The average molecular weight is 352 g/mol. The summed E-state index contributed by atoms with van der Waals surface area (Å²) in [5.41, 5.74) is 4.13. The normalized spacial score (nSPS) is 11.1. The van der Waals surface area contributed by atoms with Crippen LogP contribution >= 0.6 is 0 Å². The lowest BCUT2D eigenvalue weighted by Gasteiger charge is -2.09. The fourth-order valence-electron chi connectivity index (χ4n) is 2.73. The minimum Gasteiger partial charge on any atom is -0.494 e. The van der Waals surface area contributed by atoms with Gasteiger partial charge in [-0.1, -0.05) is 13.8 Å². The summed E-state index contributed by atoms with van der Waals surface area (Å²) in [6, 6.07) is 11.5. The molecule has 0 bridgehead atoms. The van der Waals surface area contributed by atoms with Crippen molar-refractivity contribution < 1.29 is 9.53 Å². The fourth-order valence-corrected chi connectivity index (χ4v) is 2.73. The van der Waals surface area contributed by atoms with Gasteiger partial charge in [0.05, 0.1) is 12.3 Å². The van der Waals surface area contributed by atoms with Crippen molar-refractivity contribution in [2.45, 2.75) is 34.1 Å². The summed E-state index contributed by atoms with van der Waals surface area (Å²) in [7, 11) is 0. The highest BCUT2D eigenvalue weighted by Gasteiger charge is 2.11. The summed E-state index contributed by atoms with van der Waals surface area (Å²) < 4.78 is 5.46. The lowest BCUT2D eigenvalue weighted by molar-refractivity contribution is -0.116. The van der Waals surface area contributed by atoms with Crippen LogP contribution in [0, 0.1) is 12.8 Å². The molecule has 2 aromatic carbocycles. The van der Waals surface area contributed by atoms with Crippen LogP contribution in [-0.2, 0) is 4.79 Å². The number of benzene rings is 2. The smallest absolute Gasteiger partial charge is 0.224 e. The van der Waals surface area contributed by atoms with E-state index in [2.05, 4.69) is 15.5 Å². The van der Waals surface area contributed by atoms with Crippen LogP contribution in [-0.4, -0.2) is 27.5 Å². The summed E-state index contributed by atoms with van der Waals surface area (Å²) in [5, 5.41) is 12.1. The molecule has 1 amide bonds. The largest absolute Gasteiger partial charge is 0.494 e. The zero-order chi connectivity index (χ0) is 18.7. The molecule has 6 heteroatoms. The molecule has 1 N–H and O–H groups in total. The number of aromatic nitrogens is 3. The van der Waals surface area contributed by atoms with E-state index in [0.717, 1.165) is 33.7 Å². The van der Waals surface area contributed by atoms with E-state index in [9.17, 15) is 4.79 Å². The second-order valence-electron chi connectivity index (χ2n) is 6.72. The van der Waals surface area contributed by atoms with E-state index < -0.39 is 0 Å². The lowest BCUT2D eigenvalue weighted by atomic mass is 10.1. The maximum atomic E-state index is 12.1. The molecule has 0 aliphatic rings. The number of rotatable bonds is 6. The van der Waals surface area contributed by atoms with E-state index in [1.165, 1.54) is 0 Å². The number of aryl methyl sites for hydroxylation is 1. The van der Waals surface area contributed by atoms with Gasteiger partial charge in [0.25, 0.3) is 0 Å². The molecule has 136 valence electrons. The minimum absolute atomic E-state index is 0.0151. The van der Waals surface area contributed by atoms with E-state index >= 15 is 0 Å². The Balaban J connectivity index is 1.87. The van der Waals surface area contributed by atoms with Crippen LogP contribution in [0.2, 0.25) is 0 Å². The van der Waals surface area contributed by atoms with E-state index in [1.54, 1.807) is 4.80 Å². The number of carbonyl (C=O) groups excluding carboxylic acids is 1. The third-order valence-electron chi connectivity index (χ3n) is 3.97. The third-order valence-corrected chi connectivity index (χ3v) is 3.97. The molecule has 0 fully saturated rings. The van der Waals surface area contributed by atoms with Gasteiger partial charge >= 0.3 is 0 Å². The number of nitrogens with one attached hydrogen (secondary N) is 1. The van der Waals surface area contributed by atoms with Gasteiger partial charge in [0, 0.05) is 12.1 Å². The molecule has 0 atom stereocenters. The standard InChI is InChI=1S/C20H24N4O2/c1-5-26-16-8-6-15(7-9-16)24-22-18-11-14(4)17(12-19(18)23-24)21-20(25)10-13(2)3/h6-9,11-13H,5,10H2,1-4H3,(H,21,25). The molecule has 0 radical (unpaired) electrons. The molecule has 26 heavy (non-hydrogen) atoms. The van der Waals surface area contributed by atoms with Crippen molar-refractivity contribution in [3.63, 3.8) is 0 Å². The first-order chi connectivity index (χ1) is 12.5. The van der Waals surface area contributed by atoms with Crippen LogP contribution in [0.3, 0.4) is 0 Å². The van der Waals surface area contributed by atoms with Gasteiger partial charge in [-0.3, -0.25) is 4.79 Å². The highest BCUT2D eigenvalue weighted by molar-refractivity contribution is 5.94. The molecule has 3 aromatic rings. The first kappa shape index (κ1) is 17.9. The Morgan fingerprint density at radius 3 is 2.42 bits per heavy atom. The number of hydrogen-bond donors (Lipinski definition) is 1. The lowest BCUT2D eigenvalue weighted by Crippen LogP contribution is -2.14. The van der Waals surface area contributed by atoms with Gasteiger partial charge in [0.2, 0.25) is 5.91 Å². The van der Waals surface area contributed by atoms with Crippen LogP contribution < -0.4 is 10.1 Å². The summed E-state index contributed by atoms with van der Waals surface area (Å²) >= 11 is 0. The Hall–Kier alpha value is -2.89. The van der Waals surface area contributed by atoms with Crippen molar-refractivity contribution in [2.24, 2.45) is 5.92 Å². The number of amides is 1. The van der Waals surface area contributed by atoms with Gasteiger partial charge in [0.1, 0.15) is 16.8 Å². The van der Waals surface area contributed by atoms with E-state index in [4.69, 9.17) is 4.74 Å². The first-order valence-corrected chi connectivity index (χ1v) is 8.87. The Morgan fingerprint density at radius 1 is 1.15 bits per heavy atom. The number of ether oxygens (including phenoxy) is 1. The minimum atomic E-state index is 0.0151. The van der Waals surface area contributed by atoms with Crippen molar-refractivity contribution in [3.8, 4) is 11.4 Å². The number of carbonyl (C=O) groups is 1. The topological polar surface area (TPSA) is 69.0 Å². The molecule has 0 saturated heterocycles. The summed E-state index contributed by atoms with van der Waals surface area (Å²) in [6.45, 7) is 8.60. The molecule has 0 saturated carbocycles. The molecule has 1 heterocycles. The quantitative estimate of drug-likeness (QED) is 0.725. The molecule has 0 aliphatic carbocycles. The predicted molar refractivity (Wildman–Crippen MR) is 103 cm³/mol. The van der Waals surface area contributed by atoms with Gasteiger partial charge in [-0.05, 0) is 61.7 Å². The molecule has 3 rings (SSSR count). The average Bonchev–Trinajstić information content (AvgIpc) is 2.98. The fraction of sp³-hybridized carbons (Fsp3) is 0.350. The number of anilines is 1. The van der Waals surface area contributed by atoms with Crippen molar-refractivity contribution in [1.29, 1.82) is 0 Å². The van der Waals surface area contributed by atoms with E-state index in [1.807, 2.05) is 64.1 Å². The molecule has 0 spiro atoms. The van der Waals surface area contributed by atoms with Gasteiger partial charge in [0.15, 0.2) is 0 Å². The monoisotopic (exact) mass is 352 g/mol. The first-order valence-electron chi connectivity index (χ1n) is 8.87. The van der Waals surface area contributed by atoms with Crippen molar-refractivity contribution in [1.82, 2.24) is 15.0 Å². The molecule has 6 nitrogen and oxygen atoms in total. The Labute approximate surface area is 153 Å². The Morgan fingerprint density at radius 2 is 1.81 bits per heavy atom. The van der Waals surface area contributed by atoms with Crippen LogP contribution in [0.25, 0.3) is 16.7 Å². The second-order valence-corrected chi connectivity index (χ2v) is 6.72. The van der Waals surface area contributed by atoms with Crippen molar-refractivity contribution in [2.75, 3.05) is 11.9 Å². The van der Waals surface area contributed by atoms with Crippen LogP contribution in [0.15, 0.2) is 36.4 Å². The second kappa shape index (κ2) is 7.56. The van der Waals surface area contributed by atoms with Gasteiger partial charge in [-0.25, -0.2) is 0 Å². The maximum absolute atomic E-state index is 12.1. The van der Waals surface area contributed by atoms with E-state index in [0.29, 0.717) is 18.9 Å². The van der Waals surface area contributed by atoms with Gasteiger partial charge in [-0.15, -0.1) is 10.2 Å². The number of hydrogen-bond acceptors (Lipinski definition) is 4. The highest BCUT2D eigenvalue weighted by atomic mass is 16.5. The van der Waals surface area contributed by atoms with Crippen LogP contribution in [0.5, 0.6) is 5.75 Å². The zero-order valence-electron chi connectivity index (χ0n) is 15.6. The number of fused-ring (bicyclic) bond motifs is 1. The Bertz CT molecular complexity index is 913. The predicted octanol–water partition coefficient (Wildman–Crippen LogP) is 4.11. The van der Waals surface area contributed by atoms with E-state index in [-0.39, 0.29) is 5.91 Å². The Kier molecular flexibility index (Phi) is 5.21. The number of nitrogens with zero attached hydrogens (tertiary/aromatic N) is 3. The summed E-state index contributed by atoms with van der Waals surface area (Å²) in [5.74, 6) is 1.15. The SMILES string of the molecule is CCOc1ccc(-n2nc3cc(C)c(NC(=O)CC(C)C)cc3n2)cc1. The van der Waals surface area contributed by atoms with Crippen LogP contribution in [0.1, 0.15) is 32.8 Å². The molecular weight excluding hydrogens is 328 g/mol. The molecule has 0 aliphatic heterocycles. The molecule has 0 unspecified atom stereocenters.